The minimum absolute atomic E-state index is 0.0146. The Morgan fingerprint density at radius 2 is 1.90 bits per heavy atom. The fourth-order valence-electron chi connectivity index (χ4n) is 3.20. The van der Waals surface area contributed by atoms with Crippen LogP contribution in [-0.4, -0.2) is 71.2 Å². The molecular formula is C20H21Cl2N3O5. The molecule has 0 spiro atoms. The molecule has 1 saturated heterocycles. The van der Waals surface area contributed by atoms with Crippen molar-refractivity contribution in [2.45, 2.75) is 6.10 Å². The fraction of sp³-hybridized carbons (Fsp3) is 0.350. The van der Waals surface area contributed by atoms with Crippen LogP contribution in [0.5, 0.6) is 5.75 Å². The molecule has 1 fully saturated rings. The highest BCUT2D eigenvalue weighted by Crippen LogP contribution is 2.23. The molecule has 3 rings (SSSR count). The molecule has 2 aromatic carbocycles. The Morgan fingerprint density at radius 3 is 2.57 bits per heavy atom. The van der Waals surface area contributed by atoms with Crippen molar-refractivity contribution in [1.29, 1.82) is 0 Å². The second-order valence-corrected chi connectivity index (χ2v) is 7.78. The van der Waals surface area contributed by atoms with Crippen LogP contribution in [0.2, 0.25) is 10.0 Å². The van der Waals surface area contributed by atoms with Gasteiger partial charge in [0.2, 0.25) is 0 Å². The van der Waals surface area contributed by atoms with Gasteiger partial charge >= 0.3 is 0 Å². The van der Waals surface area contributed by atoms with Crippen molar-refractivity contribution in [3.05, 3.63) is 68.2 Å². The van der Waals surface area contributed by atoms with Gasteiger partial charge < -0.3 is 14.7 Å². The maximum atomic E-state index is 12.7. The Kier molecular flexibility index (Phi) is 7.49. The summed E-state index contributed by atoms with van der Waals surface area (Å²) in [6.07, 6.45) is -0.766. The highest BCUT2D eigenvalue weighted by molar-refractivity contribution is 6.36. The number of amides is 1. The molecule has 8 nitrogen and oxygen atoms in total. The van der Waals surface area contributed by atoms with Crippen molar-refractivity contribution < 1.29 is 19.6 Å². The van der Waals surface area contributed by atoms with Gasteiger partial charge in [-0.15, -0.1) is 0 Å². The van der Waals surface area contributed by atoms with E-state index in [1.807, 2.05) is 4.90 Å². The molecule has 0 radical (unpaired) electrons. The number of aliphatic hydroxyl groups is 1. The molecule has 0 saturated carbocycles. The minimum atomic E-state index is -0.766. The molecule has 0 aromatic heterocycles. The first kappa shape index (κ1) is 22.3. The Balaban J connectivity index is 1.45. The normalized spacial score (nSPS) is 15.6. The van der Waals surface area contributed by atoms with Crippen LogP contribution in [-0.2, 0) is 0 Å². The number of piperazine rings is 1. The van der Waals surface area contributed by atoms with Crippen LogP contribution < -0.4 is 4.74 Å². The second kappa shape index (κ2) is 10.1. The molecule has 0 bridgehead atoms. The van der Waals surface area contributed by atoms with Gasteiger partial charge in [-0.2, -0.15) is 0 Å². The first-order chi connectivity index (χ1) is 14.3. The molecule has 1 heterocycles. The summed E-state index contributed by atoms with van der Waals surface area (Å²) in [6.45, 7) is 2.61. The molecular weight excluding hydrogens is 433 g/mol. The van der Waals surface area contributed by atoms with Gasteiger partial charge in [0.15, 0.2) is 0 Å². The number of hydrogen-bond donors (Lipinski definition) is 1. The molecule has 30 heavy (non-hydrogen) atoms. The number of hydrogen-bond acceptors (Lipinski definition) is 6. The van der Waals surface area contributed by atoms with Crippen LogP contribution in [0, 0.1) is 10.1 Å². The second-order valence-electron chi connectivity index (χ2n) is 6.94. The fourth-order valence-corrected chi connectivity index (χ4v) is 3.69. The Bertz CT molecular complexity index is 919. The van der Waals surface area contributed by atoms with Gasteiger partial charge in [-0.3, -0.25) is 19.8 Å². The van der Waals surface area contributed by atoms with E-state index in [-0.39, 0.29) is 18.2 Å². The van der Waals surface area contributed by atoms with E-state index in [4.69, 9.17) is 27.9 Å². The number of carbonyl (C=O) groups excluding carboxylic acids is 1. The lowest BCUT2D eigenvalue weighted by atomic mass is 10.1. The minimum Gasteiger partial charge on any atom is -0.491 e. The number of rotatable bonds is 7. The summed E-state index contributed by atoms with van der Waals surface area (Å²) in [5, 5.41) is 21.8. The molecule has 2 aromatic rings. The molecule has 160 valence electrons. The number of benzene rings is 2. The zero-order valence-electron chi connectivity index (χ0n) is 16.0. The van der Waals surface area contributed by atoms with E-state index in [2.05, 4.69) is 0 Å². The van der Waals surface area contributed by atoms with E-state index in [9.17, 15) is 20.0 Å². The van der Waals surface area contributed by atoms with Crippen molar-refractivity contribution in [1.82, 2.24) is 9.80 Å². The zero-order valence-corrected chi connectivity index (χ0v) is 17.6. The van der Waals surface area contributed by atoms with E-state index < -0.39 is 11.0 Å². The number of nitro benzene ring substituents is 1. The standard InChI is InChI=1S/C20H21Cl2N3O5/c21-14-4-5-18(19(22)10-14)20(27)24-8-6-23(7-9-24)12-16(26)13-30-17-3-1-2-15(11-17)25(28)29/h1-5,10-11,16,26H,6-9,12-13H2. The van der Waals surface area contributed by atoms with Crippen LogP contribution >= 0.6 is 23.2 Å². The number of nitrogens with zero attached hydrogens (tertiary/aromatic N) is 3. The van der Waals surface area contributed by atoms with E-state index in [0.29, 0.717) is 54.1 Å². The van der Waals surface area contributed by atoms with Gasteiger partial charge in [-0.05, 0) is 24.3 Å². The van der Waals surface area contributed by atoms with Crippen LogP contribution in [0.1, 0.15) is 10.4 Å². The molecule has 1 atom stereocenters. The number of nitro groups is 1. The predicted molar refractivity (Wildman–Crippen MR) is 113 cm³/mol. The Labute approximate surface area is 183 Å². The van der Waals surface area contributed by atoms with Crippen molar-refractivity contribution in [3.8, 4) is 5.75 Å². The van der Waals surface area contributed by atoms with Gasteiger partial charge in [0.1, 0.15) is 18.5 Å². The monoisotopic (exact) mass is 453 g/mol. The summed E-state index contributed by atoms with van der Waals surface area (Å²) in [7, 11) is 0. The van der Waals surface area contributed by atoms with Gasteiger partial charge in [-0.1, -0.05) is 29.3 Å². The summed E-state index contributed by atoms with van der Waals surface area (Å²) < 4.78 is 5.47. The number of ether oxygens (including phenoxy) is 1. The molecule has 1 amide bonds. The lowest BCUT2D eigenvalue weighted by Gasteiger charge is -2.35. The summed E-state index contributed by atoms with van der Waals surface area (Å²) in [5.74, 6) is 0.185. The summed E-state index contributed by atoms with van der Waals surface area (Å²) in [4.78, 5) is 26.7. The summed E-state index contributed by atoms with van der Waals surface area (Å²) >= 11 is 12.0. The van der Waals surface area contributed by atoms with E-state index >= 15 is 0 Å². The largest absolute Gasteiger partial charge is 0.491 e. The smallest absolute Gasteiger partial charge is 0.273 e. The molecule has 1 N–H and O–H groups in total. The first-order valence-electron chi connectivity index (χ1n) is 9.35. The number of β-amino-alcohol motifs (C(OH)–C–C–N with tert-alkyl or cyclic N) is 1. The van der Waals surface area contributed by atoms with Crippen molar-refractivity contribution in [2.24, 2.45) is 0 Å². The van der Waals surface area contributed by atoms with Crippen LogP contribution in [0.3, 0.4) is 0 Å². The topological polar surface area (TPSA) is 96.2 Å². The van der Waals surface area contributed by atoms with Gasteiger partial charge in [0.05, 0.1) is 21.6 Å². The molecule has 1 aliphatic heterocycles. The van der Waals surface area contributed by atoms with E-state index in [1.165, 1.54) is 18.2 Å². The van der Waals surface area contributed by atoms with E-state index in [0.717, 1.165) is 0 Å². The van der Waals surface area contributed by atoms with E-state index in [1.54, 1.807) is 29.2 Å². The maximum absolute atomic E-state index is 12.7. The van der Waals surface area contributed by atoms with Crippen molar-refractivity contribution >= 4 is 34.8 Å². The highest BCUT2D eigenvalue weighted by atomic mass is 35.5. The third-order valence-electron chi connectivity index (χ3n) is 4.76. The van der Waals surface area contributed by atoms with Crippen molar-refractivity contribution in [3.63, 3.8) is 0 Å². The van der Waals surface area contributed by atoms with Crippen LogP contribution in [0.4, 0.5) is 5.69 Å². The SMILES string of the molecule is O=C(c1ccc(Cl)cc1Cl)N1CCN(CC(O)COc2cccc([N+](=O)[O-])c2)CC1. The molecule has 0 aliphatic carbocycles. The molecule has 1 aliphatic rings. The van der Waals surface area contributed by atoms with Gasteiger partial charge in [0.25, 0.3) is 11.6 Å². The van der Waals surface area contributed by atoms with Crippen LogP contribution in [0.15, 0.2) is 42.5 Å². The Hall–Kier alpha value is -2.39. The average Bonchev–Trinajstić information content (AvgIpc) is 2.72. The van der Waals surface area contributed by atoms with Crippen molar-refractivity contribution in [2.75, 3.05) is 39.3 Å². The number of halogens is 2. The number of non-ortho nitro benzene ring substituents is 1. The summed E-state index contributed by atoms with van der Waals surface area (Å²) in [5.41, 5.74) is 0.350. The third-order valence-corrected chi connectivity index (χ3v) is 5.31. The third kappa shape index (κ3) is 5.82. The maximum Gasteiger partial charge on any atom is 0.273 e. The lowest BCUT2D eigenvalue weighted by Crippen LogP contribution is -2.51. The summed E-state index contributed by atoms with van der Waals surface area (Å²) in [6, 6.07) is 10.6. The quantitative estimate of drug-likeness (QED) is 0.510. The first-order valence-corrected chi connectivity index (χ1v) is 10.1. The average molecular weight is 454 g/mol. The predicted octanol–water partition coefficient (Wildman–Crippen LogP) is 3.10. The number of carbonyl (C=O) groups is 1. The van der Waals surface area contributed by atoms with Gasteiger partial charge in [-0.25, -0.2) is 0 Å². The Morgan fingerprint density at radius 1 is 1.17 bits per heavy atom. The van der Waals surface area contributed by atoms with Crippen LogP contribution in [0.25, 0.3) is 0 Å². The highest BCUT2D eigenvalue weighted by Gasteiger charge is 2.25. The number of aliphatic hydroxyl groups excluding tert-OH is 1. The lowest BCUT2D eigenvalue weighted by molar-refractivity contribution is -0.384. The van der Waals surface area contributed by atoms with Gasteiger partial charge in [0, 0.05) is 43.8 Å². The molecule has 1 unspecified atom stereocenters. The molecule has 10 heteroatoms. The zero-order chi connectivity index (χ0) is 21.7.